The molecule has 2 aromatic rings. The third kappa shape index (κ3) is 5.81. The highest BCUT2D eigenvalue weighted by Gasteiger charge is 2.24. The van der Waals surface area contributed by atoms with Crippen molar-refractivity contribution in [3.05, 3.63) is 47.5 Å². The van der Waals surface area contributed by atoms with Gasteiger partial charge < -0.3 is 29.9 Å². The minimum absolute atomic E-state index is 0.0631. The number of phenolic OH excluding ortho intramolecular Hbond substituents is 2. The highest BCUT2D eigenvalue weighted by molar-refractivity contribution is 5.95. The summed E-state index contributed by atoms with van der Waals surface area (Å²) in [4.78, 5) is 26.8. The van der Waals surface area contributed by atoms with Gasteiger partial charge in [-0.15, -0.1) is 0 Å². The average Bonchev–Trinajstić information content (AvgIpc) is 2.77. The molecule has 1 heterocycles. The molecule has 0 atom stereocenters. The van der Waals surface area contributed by atoms with Gasteiger partial charge in [0, 0.05) is 37.2 Å². The van der Waals surface area contributed by atoms with Gasteiger partial charge in [-0.25, -0.2) is 0 Å². The zero-order valence-corrected chi connectivity index (χ0v) is 17.8. The summed E-state index contributed by atoms with van der Waals surface area (Å²) in [5.41, 5.74) is 1.20. The lowest BCUT2D eigenvalue weighted by Crippen LogP contribution is -2.46. The molecule has 0 bridgehead atoms. The van der Waals surface area contributed by atoms with E-state index in [2.05, 4.69) is 5.32 Å². The van der Waals surface area contributed by atoms with Crippen LogP contribution in [-0.2, 0) is 11.2 Å². The number of likely N-dealkylation sites (tertiary alicyclic amines) is 1. The highest BCUT2D eigenvalue weighted by atomic mass is 16.5. The number of nitrogens with one attached hydrogen (secondary N) is 1. The molecule has 1 aliphatic heterocycles. The van der Waals surface area contributed by atoms with Crippen molar-refractivity contribution in [3.63, 3.8) is 0 Å². The Kier molecular flexibility index (Phi) is 7.23. The Bertz CT molecular complexity index is 917. The lowest BCUT2D eigenvalue weighted by molar-refractivity contribution is -0.132. The second kappa shape index (κ2) is 10.1. The minimum atomic E-state index is -0.357. The normalized spacial score (nSPS) is 14.2. The Morgan fingerprint density at radius 3 is 2.26 bits per heavy atom. The van der Waals surface area contributed by atoms with Crippen LogP contribution in [0.15, 0.2) is 36.4 Å². The molecule has 31 heavy (non-hydrogen) atoms. The van der Waals surface area contributed by atoms with Crippen molar-refractivity contribution >= 4 is 11.8 Å². The number of methoxy groups -OCH3 is 2. The lowest BCUT2D eigenvalue weighted by atomic mass is 10.0. The van der Waals surface area contributed by atoms with Gasteiger partial charge >= 0.3 is 0 Å². The molecule has 0 radical (unpaired) electrons. The molecule has 1 saturated heterocycles. The fourth-order valence-electron chi connectivity index (χ4n) is 3.71. The predicted molar refractivity (Wildman–Crippen MR) is 115 cm³/mol. The molecule has 0 aromatic heterocycles. The quantitative estimate of drug-likeness (QED) is 0.625. The third-order valence-electron chi connectivity index (χ3n) is 5.42. The van der Waals surface area contributed by atoms with Gasteiger partial charge in [0.1, 0.15) is 11.5 Å². The number of piperidine rings is 1. The number of ether oxygens (including phenoxy) is 2. The van der Waals surface area contributed by atoms with E-state index in [1.165, 1.54) is 18.2 Å². The van der Waals surface area contributed by atoms with E-state index in [0.29, 0.717) is 50.3 Å². The van der Waals surface area contributed by atoms with Crippen LogP contribution in [0.5, 0.6) is 23.0 Å². The zero-order chi connectivity index (χ0) is 22.4. The van der Waals surface area contributed by atoms with E-state index >= 15 is 0 Å². The van der Waals surface area contributed by atoms with Crippen LogP contribution in [0.2, 0.25) is 0 Å². The molecule has 2 amide bonds. The number of carbonyl (C=O) groups excluding carboxylic acids is 2. The van der Waals surface area contributed by atoms with Crippen LogP contribution in [0.25, 0.3) is 0 Å². The molecule has 2 aromatic carbocycles. The number of hydrogen-bond acceptors (Lipinski definition) is 6. The molecule has 0 unspecified atom stereocenters. The van der Waals surface area contributed by atoms with Gasteiger partial charge in [0.2, 0.25) is 5.91 Å². The molecular weight excluding hydrogens is 400 g/mol. The molecule has 8 nitrogen and oxygen atoms in total. The number of phenols is 2. The monoisotopic (exact) mass is 428 g/mol. The summed E-state index contributed by atoms with van der Waals surface area (Å²) in [5, 5.41) is 22.0. The first-order valence-electron chi connectivity index (χ1n) is 10.2. The van der Waals surface area contributed by atoms with E-state index < -0.39 is 0 Å². The molecule has 1 fully saturated rings. The maximum Gasteiger partial charge on any atom is 0.251 e. The fourth-order valence-corrected chi connectivity index (χ4v) is 3.71. The van der Waals surface area contributed by atoms with E-state index in [-0.39, 0.29) is 34.9 Å². The van der Waals surface area contributed by atoms with Gasteiger partial charge in [-0.3, -0.25) is 9.59 Å². The third-order valence-corrected chi connectivity index (χ3v) is 5.42. The first kappa shape index (κ1) is 22.3. The molecule has 8 heteroatoms. The second-order valence-corrected chi connectivity index (χ2v) is 7.56. The average molecular weight is 428 g/mol. The summed E-state index contributed by atoms with van der Waals surface area (Å²) in [6, 6.07) is 9.36. The molecular formula is C23H28N2O6. The zero-order valence-electron chi connectivity index (χ0n) is 17.8. The Morgan fingerprint density at radius 2 is 1.65 bits per heavy atom. The van der Waals surface area contributed by atoms with Crippen LogP contribution in [-0.4, -0.2) is 60.3 Å². The lowest BCUT2D eigenvalue weighted by Gasteiger charge is -2.32. The smallest absolute Gasteiger partial charge is 0.251 e. The number of nitrogens with zero attached hydrogens (tertiary/aromatic N) is 1. The molecule has 0 aliphatic carbocycles. The van der Waals surface area contributed by atoms with Crippen LogP contribution < -0.4 is 14.8 Å². The van der Waals surface area contributed by atoms with Crippen molar-refractivity contribution < 1.29 is 29.3 Å². The Balaban J connectivity index is 1.47. The predicted octanol–water partition coefficient (Wildman–Crippen LogP) is 2.47. The first-order valence-corrected chi connectivity index (χ1v) is 10.2. The molecule has 166 valence electrons. The van der Waals surface area contributed by atoms with Crippen LogP contribution in [0.1, 0.15) is 35.2 Å². The number of hydrogen-bond donors (Lipinski definition) is 3. The summed E-state index contributed by atoms with van der Waals surface area (Å²) in [6.45, 7) is 1.14. The Hall–Kier alpha value is -3.42. The van der Waals surface area contributed by atoms with Gasteiger partial charge in [-0.2, -0.15) is 0 Å². The summed E-state index contributed by atoms with van der Waals surface area (Å²) >= 11 is 0. The molecule has 0 saturated carbocycles. The van der Waals surface area contributed by atoms with Crippen molar-refractivity contribution in [2.75, 3.05) is 27.3 Å². The number of aryl methyl sites for hydroxylation is 1. The Labute approximate surface area is 181 Å². The molecule has 0 spiro atoms. The van der Waals surface area contributed by atoms with E-state index in [1.54, 1.807) is 14.2 Å². The van der Waals surface area contributed by atoms with Crippen LogP contribution in [0, 0.1) is 0 Å². The minimum Gasteiger partial charge on any atom is -0.508 e. The molecule has 3 rings (SSSR count). The first-order chi connectivity index (χ1) is 14.9. The van der Waals surface area contributed by atoms with E-state index in [9.17, 15) is 19.8 Å². The van der Waals surface area contributed by atoms with Crippen LogP contribution in [0.3, 0.4) is 0 Å². The largest absolute Gasteiger partial charge is 0.508 e. The maximum absolute atomic E-state index is 12.6. The SMILES string of the molecule is COc1ccc(CCC(=O)N2CCC(NC(=O)c3cc(O)cc(O)c3)CC2)cc1OC. The van der Waals surface area contributed by atoms with E-state index in [0.717, 1.165) is 5.56 Å². The maximum atomic E-state index is 12.6. The second-order valence-electron chi connectivity index (χ2n) is 7.56. The number of aromatic hydroxyl groups is 2. The number of rotatable bonds is 7. The summed E-state index contributed by atoms with van der Waals surface area (Å²) in [5.74, 6) is 0.689. The van der Waals surface area contributed by atoms with Crippen molar-refractivity contribution in [1.29, 1.82) is 0 Å². The van der Waals surface area contributed by atoms with Gasteiger partial charge in [0.25, 0.3) is 5.91 Å². The highest BCUT2D eigenvalue weighted by Crippen LogP contribution is 2.28. The fraction of sp³-hybridized carbons (Fsp3) is 0.391. The van der Waals surface area contributed by atoms with Crippen molar-refractivity contribution in [3.8, 4) is 23.0 Å². The van der Waals surface area contributed by atoms with Crippen molar-refractivity contribution in [1.82, 2.24) is 10.2 Å². The number of amides is 2. The van der Waals surface area contributed by atoms with Crippen LogP contribution >= 0.6 is 0 Å². The van der Waals surface area contributed by atoms with Gasteiger partial charge in [0.15, 0.2) is 11.5 Å². The van der Waals surface area contributed by atoms with Crippen LogP contribution in [0.4, 0.5) is 0 Å². The molecule has 3 N–H and O–H groups in total. The van der Waals surface area contributed by atoms with E-state index in [1.807, 2.05) is 23.1 Å². The standard InChI is InChI=1S/C23H28N2O6/c1-30-20-5-3-15(11-21(20)31-2)4-6-22(28)25-9-7-17(8-10-25)24-23(29)16-12-18(26)14-19(27)13-16/h3,5,11-14,17,26-27H,4,6-10H2,1-2H3,(H,24,29). The summed E-state index contributed by atoms with van der Waals surface area (Å²) < 4.78 is 10.5. The molecule has 1 aliphatic rings. The van der Waals surface area contributed by atoms with Gasteiger partial charge in [0.05, 0.1) is 14.2 Å². The van der Waals surface area contributed by atoms with Gasteiger partial charge in [-0.05, 0) is 49.1 Å². The summed E-state index contributed by atoms with van der Waals surface area (Å²) in [6.07, 6.45) is 2.31. The van der Waals surface area contributed by atoms with Crippen molar-refractivity contribution in [2.45, 2.75) is 31.7 Å². The van der Waals surface area contributed by atoms with Crippen molar-refractivity contribution in [2.24, 2.45) is 0 Å². The van der Waals surface area contributed by atoms with Gasteiger partial charge in [-0.1, -0.05) is 6.07 Å². The Morgan fingerprint density at radius 1 is 1.00 bits per heavy atom. The van der Waals surface area contributed by atoms with E-state index in [4.69, 9.17) is 9.47 Å². The number of carbonyl (C=O) groups is 2. The number of benzene rings is 2. The topological polar surface area (TPSA) is 108 Å². The summed E-state index contributed by atoms with van der Waals surface area (Å²) in [7, 11) is 3.17.